The fourth-order valence-corrected chi connectivity index (χ4v) is 2.39. The van der Waals surface area contributed by atoms with E-state index in [1.165, 1.54) is 10.0 Å². The minimum atomic E-state index is -0.422. The molecule has 0 unspecified atom stereocenters. The topological polar surface area (TPSA) is 65.0 Å². The highest BCUT2D eigenvalue weighted by Gasteiger charge is 2.29. The molecule has 6 nitrogen and oxygen atoms in total. The van der Waals surface area contributed by atoms with Crippen LogP contribution in [0.3, 0.4) is 0 Å². The summed E-state index contributed by atoms with van der Waals surface area (Å²) in [5.74, 6) is -0.386. The Balaban J connectivity index is 1.79. The fraction of sp³-hybridized carbons (Fsp3) is 0.118. The number of rotatable bonds is 3. The van der Waals surface area contributed by atoms with Gasteiger partial charge < -0.3 is 0 Å². The van der Waals surface area contributed by atoms with E-state index in [-0.39, 0.29) is 12.5 Å². The molecule has 0 atom stereocenters. The van der Waals surface area contributed by atoms with Crippen LogP contribution in [0.15, 0.2) is 59.7 Å². The van der Waals surface area contributed by atoms with Crippen molar-refractivity contribution < 1.29 is 9.59 Å². The summed E-state index contributed by atoms with van der Waals surface area (Å²) < 4.78 is 0. The molecule has 1 aliphatic rings. The minimum Gasteiger partial charge on any atom is -0.267 e. The van der Waals surface area contributed by atoms with Gasteiger partial charge in [0.1, 0.15) is 0 Å². The van der Waals surface area contributed by atoms with Crippen molar-refractivity contribution in [3.05, 3.63) is 65.2 Å². The van der Waals surface area contributed by atoms with Crippen LogP contribution in [0.5, 0.6) is 0 Å². The van der Waals surface area contributed by atoms with Crippen molar-refractivity contribution in [2.75, 3.05) is 11.6 Å². The predicted octanol–water partition coefficient (Wildman–Crippen LogP) is 3.30. The number of halogens is 1. The Morgan fingerprint density at radius 3 is 2.46 bits per heavy atom. The third kappa shape index (κ3) is 3.38. The van der Waals surface area contributed by atoms with Crippen LogP contribution in [0.2, 0.25) is 5.02 Å². The van der Waals surface area contributed by atoms with Crippen molar-refractivity contribution in [3.63, 3.8) is 0 Å². The van der Waals surface area contributed by atoms with Crippen LogP contribution in [-0.2, 0) is 0 Å². The van der Waals surface area contributed by atoms with E-state index in [1.807, 2.05) is 18.2 Å². The lowest BCUT2D eigenvalue weighted by molar-refractivity contribution is 0.0845. The maximum Gasteiger partial charge on any atom is 0.364 e. The first-order chi connectivity index (χ1) is 11.5. The lowest BCUT2D eigenvalue weighted by atomic mass is 10.2. The Morgan fingerprint density at radius 1 is 1.12 bits per heavy atom. The molecule has 3 rings (SSSR count). The molecule has 2 aromatic carbocycles. The van der Waals surface area contributed by atoms with E-state index in [2.05, 4.69) is 10.5 Å². The zero-order valence-corrected chi connectivity index (χ0v) is 13.7. The molecule has 1 N–H and O–H groups in total. The van der Waals surface area contributed by atoms with Crippen LogP contribution in [0.25, 0.3) is 0 Å². The number of hydrogen-bond acceptors (Lipinski definition) is 3. The third-order valence-corrected chi connectivity index (χ3v) is 3.67. The Morgan fingerprint density at radius 2 is 1.79 bits per heavy atom. The second kappa shape index (κ2) is 6.72. The lowest BCUT2D eigenvalue weighted by Crippen LogP contribution is -2.55. The SMILES string of the molecule is CC1=NN(c2ccccc2)C(=O)N(NC(=O)c2ccc(Cl)cc2)C1. The van der Waals surface area contributed by atoms with E-state index in [4.69, 9.17) is 11.6 Å². The molecule has 0 bridgehead atoms. The molecule has 0 radical (unpaired) electrons. The molecule has 1 aliphatic heterocycles. The number of carbonyl (C=O) groups excluding carboxylic acids is 2. The summed E-state index contributed by atoms with van der Waals surface area (Å²) in [6, 6.07) is 15.1. The number of benzene rings is 2. The summed E-state index contributed by atoms with van der Waals surface area (Å²) in [4.78, 5) is 24.9. The summed E-state index contributed by atoms with van der Waals surface area (Å²) in [7, 11) is 0. The fourth-order valence-electron chi connectivity index (χ4n) is 2.27. The number of anilines is 1. The molecule has 0 fully saturated rings. The predicted molar refractivity (Wildman–Crippen MR) is 93.1 cm³/mol. The maximum absolute atomic E-state index is 12.6. The summed E-state index contributed by atoms with van der Waals surface area (Å²) >= 11 is 5.82. The summed E-state index contributed by atoms with van der Waals surface area (Å²) in [5, 5.41) is 7.31. The van der Waals surface area contributed by atoms with Crippen LogP contribution in [-0.4, -0.2) is 29.2 Å². The molecular weight excluding hydrogens is 328 g/mol. The first kappa shape index (κ1) is 16.0. The van der Waals surface area contributed by atoms with Crippen LogP contribution in [0, 0.1) is 0 Å². The minimum absolute atomic E-state index is 0.224. The van der Waals surface area contributed by atoms with E-state index in [0.717, 1.165) is 0 Å². The molecule has 2 aromatic rings. The molecule has 0 saturated carbocycles. The van der Waals surface area contributed by atoms with Crippen LogP contribution in [0.1, 0.15) is 17.3 Å². The van der Waals surface area contributed by atoms with E-state index < -0.39 is 6.03 Å². The van der Waals surface area contributed by atoms with Gasteiger partial charge >= 0.3 is 6.03 Å². The molecule has 0 spiro atoms. The standard InChI is InChI=1S/C17H15ClN4O2/c1-12-11-21(20-16(23)13-7-9-14(18)10-8-13)17(24)22(19-12)15-5-3-2-4-6-15/h2-10H,11H2,1H3,(H,20,23). The van der Waals surface area contributed by atoms with Crippen molar-refractivity contribution in [3.8, 4) is 0 Å². The number of hydrogen-bond donors (Lipinski definition) is 1. The van der Waals surface area contributed by atoms with Crippen molar-refractivity contribution >= 4 is 34.9 Å². The molecule has 0 aromatic heterocycles. The number of urea groups is 1. The number of hydrazone groups is 1. The van der Waals surface area contributed by atoms with Gasteiger partial charge in [0.15, 0.2) is 0 Å². The van der Waals surface area contributed by atoms with Gasteiger partial charge in [0, 0.05) is 10.6 Å². The summed E-state index contributed by atoms with van der Waals surface area (Å²) in [6.07, 6.45) is 0. The van der Waals surface area contributed by atoms with Gasteiger partial charge in [-0.15, -0.1) is 0 Å². The smallest absolute Gasteiger partial charge is 0.267 e. The van der Waals surface area contributed by atoms with Crippen LogP contribution >= 0.6 is 11.6 Å². The second-order valence-corrected chi connectivity index (χ2v) is 5.74. The van der Waals surface area contributed by atoms with Gasteiger partial charge in [-0.25, -0.2) is 9.80 Å². The summed E-state index contributed by atoms with van der Waals surface area (Å²) in [6.45, 7) is 2.02. The van der Waals surface area contributed by atoms with E-state index >= 15 is 0 Å². The van der Waals surface area contributed by atoms with Crippen molar-refractivity contribution in [2.45, 2.75) is 6.92 Å². The molecule has 7 heteroatoms. The van der Waals surface area contributed by atoms with Crippen LogP contribution < -0.4 is 10.4 Å². The molecule has 122 valence electrons. The maximum atomic E-state index is 12.6. The number of nitrogens with zero attached hydrogens (tertiary/aromatic N) is 3. The number of carbonyl (C=O) groups is 2. The van der Waals surface area contributed by atoms with Gasteiger partial charge in [-0.05, 0) is 43.3 Å². The highest BCUT2D eigenvalue weighted by Crippen LogP contribution is 2.18. The van der Waals surface area contributed by atoms with Gasteiger partial charge in [0.25, 0.3) is 5.91 Å². The van der Waals surface area contributed by atoms with E-state index in [1.54, 1.807) is 43.3 Å². The van der Waals surface area contributed by atoms with Crippen molar-refractivity contribution in [1.82, 2.24) is 10.4 Å². The molecule has 24 heavy (non-hydrogen) atoms. The zero-order valence-electron chi connectivity index (χ0n) is 12.9. The first-order valence-electron chi connectivity index (χ1n) is 7.32. The molecule has 0 saturated heterocycles. The Hall–Kier alpha value is -2.86. The van der Waals surface area contributed by atoms with Crippen molar-refractivity contribution in [1.29, 1.82) is 0 Å². The summed E-state index contributed by atoms with van der Waals surface area (Å²) in [5.41, 5.74) is 4.36. The van der Waals surface area contributed by atoms with Gasteiger partial charge in [0.2, 0.25) is 0 Å². The van der Waals surface area contributed by atoms with Gasteiger partial charge in [0.05, 0.1) is 17.9 Å². The largest absolute Gasteiger partial charge is 0.364 e. The van der Waals surface area contributed by atoms with Gasteiger partial charge in [-0.2, -0.15) is 10.1 Å². The number of hydrazine groups is 1. The van der Waals surface area contributed by atoms with Gasteiger partial charge in [-0.3, -0.25) is 10.2 Å². The van der Waals surface area contributed by atoms with Crippen LogP contribution in [0.4, 0.5) is 10.5 Å². The van der Waals surface area contributed by atoms with Gasteiger partial charge in [-0.1, -0.05) is 29.8 Å². The van der Waals surface area contributed by atoms with Crippen molar-refractivity contribution in [2.24, 2.45) is 5.10 Å². The van der Waals surface area contributed by atoms with E-state index in [9.17, 15) is 9.59 Å². The average molecular weight is 343 g/mol. The first-order valence-corrected chi connectivity index (χ1v) is 7.70. The zero-order chi connectivity index (χ0) is 17.1. The molecule has 3 amide bonds. The molecule has 1 heterocycles. The quantitative estimate of drug-likeness (QED) is 0.930. The highest BCUT2D eigenvalue weighted by atomic mass is 35.5. The molecule has 0 aliphatic carbocycles. The number of para-hydroxylation sites is 1. The van der Waals surface area contributed by atoms with E-state index in [0.29, 0.717) is 22.0 Å². The number of nitrogens with one attached hydrogen (secondary N) is 1. The lowest BCUT2D eigenvalue weighted by Gasteiger charge is -2.32. The normalized spacial score (nSPS) is 14.4. The molecular formula is C17H15ClN4O2. The Labute approximate surface area is 144 Å². The monoisotopic (exact) mass is 342 g/mol. The highest BCUT2D eigenvalue weighted by molar-refractivity contribution is 6.30. The second-order valence-electron chi connectivity index (χ2n) is 5.30. The Bertz CT molecular complexity index is 790. The Kier molecular flexibility index (Phi) is 4.48. The average Bonchev–Trinajstić information content (AvgIpc) is 2.59. The third-order valence-electron chi connectivity index (χ3n) is 3.41. The number of amides is 3.